The van der Waals surface area contributed by atoms with Crippen LogP contribution in [0.4, 0.5) is 0 Å². The Morgan fingerprint density at radius 3 is 1.81 bits per heavy atom. The summed E-state index contributed by atoms with van der Waals surface area (Å²) >= 11 is 0. The van der Waals surface area contributed by atoms with E-state index in [9.17, 15) is 0 Å². The number of fused-ring (bicyclic) bond motifs is 3. The lowest BCUT2D eigenvalue weighted by Gasteiger charge is -2.10. The first-order valence-electron chi connectivity index (χ1n) is 5.63. The smallest absolute Gasteiger partial charge is 0.176 e. The lowest BCUT2D eigenvalue weighted by molar-refractivity contribution is 0.667. The van der Waals surface area contributed by atoms with Gasteiger partial charge in [-0.15, -0.1) is 0 Å². The molecule has 16 heavy (non-hydrogen) atoms. The van der Waals surface area contributed by atoms with Crippen LogP contribution in [0, 0.1) is 0 Å². The van der Waals surface area contributed by atoms with E-state index in [0.29, 0.717) is 0 Å². The van der Waals surface area contributed by atoms with Gasteiger partial charge in [0.15, 0.2) is 11.6 Å². The Bertz CT molecular complexity index is 460. The van der Waals surface area contributed by atoms with Crippen molar-refractivity contribution in [1.82, 2.24) is 19.1 Å². The Kier molecular flexibility index (Phi) is 2.33. The molecular formula is C12H14N4. The van der Waals surface area contributed by atoms with E-state index >= 15 is 0 Å². The molecule has 1 aliphatic rings. The minimum absolute atomic E-state index is 0.971. The number of nitrogens with zero attached hydrogens (tertiary/aromatic N) is 4. The maximum absolute atomic E-state index is 4.40. The lowest BCUT2D eigenvalue weighted by Crippen LogP contribution is -2.06. The molecule has 0 unspecified atom stereocenters. The van der Waals surface area contributed by atoms with Crippen molar-refractivity contribution in [3.63, 3.8) is 0 Å². The highest BCUT2D eigenvalue weighted by Gasteiger charge is 2.11. The second-order valence-corrected chi connectivity index (χ2v) is 3.94. The molecule has 0 N–H and O–H groups in total. The van der Waals surface area contributed by atoms with Crippen molar-refractivity contribution in [2.24, 2.45) is 0 Å². The summed E-state index contributed by atoms with van der Waals surface area (Å²) in [6.07, 6.45) is 14.3. The fraction of sp³-hybridized carbons (Fsp3) is 0.333. The molecule has 0 aromatic carbocycles. The van der Waals surface area contributed by atoms with Crippen LogP contribution < -0.4 is 0 Å². The number of hydrogen-bond acceptors (Lipinski definition) is 2. The molecule has 82 valence electrons. The maximum atomic E-state index is 4.40. The number of aromatic nitrogens is 4. The summed E-state index contributed by atoms with van der Waals surface area (Å²) in [6, 6.07) is 0. The van der Waals surface area contributed by atoms with Gasteiger partial charge in [0.2, 0.25) is 0 Å². The number of imidazole rings is 2. The van der Waals surface area contributed by atoms with Crippen LogP contribution in [0.25, 0.3) is 11.6 Å². The molecule has 0 bridgehead atoms. The molecule has 3 heterocycles. The van der Waals surface area contributed by atoms with Crippen LogP contribution >= 0.6 is 0 Å². The van der Waals surface area contributed by atoms with E-state index in [1.807, 2.05) is 24.8 Å². The van der Waals surface area contributed by atoms with Gasteiger partial charge in [-0.25, -0.2) is 9.97 Å². The van der Waals surface area contributed by atoms with Gasteiger partial charge in [0.1, 0.15) is 0 Å². The van der Waals surface area contributed by atoms with Crippen molar-refractivity contribution in [3.8, 4) is 11.6 Å². The first-order chi connectivity index (χ1) is 7.95. The molecule has 0 amide bonds. The minimum Gasteiger partial charge on any atom is -0.328 e. The number of hydrogen-bond donors (Lipinski definition) is 0. The highest BCUT2D eigenvalue weighted by molar-refractivity contribution is 5.44. The Labute approximate surface area is 94.3 Å². The first-order valence-corrected chi connectivity index (χ1v) is 5.63. The second-order valence-electron chi connectivity index (χ2n) is 3.94. The van der Waals surface area contributed by atoms with Gasteiger partial charge in [0.05, 0.1) is 0 Å². The summed E-state index contributed by atoms with van der Waals surface area (Å²) in [5.41, 5.74) is 0. The zero-order chi connectivity index (χ0) is 10.8. The molecule has 4 heteroatoms. The normalized spacial score (nSPS) is 17.5. The predicted octanol–water partition coefficient (Wildman–Crippen LogP) is 2.10. The Morgan fingerprint density at radius 2 is 1.31 bits per heavy atom. The highest BCUT2D eigenvalue weighted by atomic mass is 15.2. The average molecular weight is 214 g/mol. The van der Waals surface area contributed by atoms with E-state index in [-0.39, 0.29) is 0 Å². The highest BCUT2D eigenvalue weighted by Crippen LogP contribution is 2.17. The van der Waals surface area contributed by atoms with Crippen molar-refractivity contribution in [3.05, 3.63) is 36.9 Å². The maximum Gasteiger partial charge on any atom is 0.176 e. The van der Waals surface area contributed by atoms with Gasteiger partial charge in [0, 0.05) is 37.9 Å². The fourth-order valence-corrected chi connectivity index (χ4v) is 2.05. The van der Waals surface area contributed by atoms with Crippen molar-refractivity contribution >= 4 is 0 Å². The van der Waals surface area contributed by atoms with E-state index in [4.69, 9.17) is 0 Å². The molecule has 1 aliphatic heterocycles. The molecule has 2 aromatic heterocycles. The summed E-state index contributed by atoms with van der Waals surface area (Å²) in [6.45, 7) is 1.94. The van der Waals surface area contributed by atoms with Crippen LogP contribution in [0.15, 0.2) is 36.9 Å². The molecule has 0 aliphatic carbocycles. The SMILES string of the molecule is C1=C/CCn2ccnc2-c2nccn2CC/1. The van der Waals surface area contributed by atoms with Crippen LogP contribution in [0.3, 0.4) is 0 Å². The third kappa shape index (κ3) is 1.56. The van der Waals surface area contributed by atoms with Gasteiger partial charge < -0.3 is 9.13 Å². The zero-order valence-corrected chi connectivity index (χ0v) is 9.08. The first kappa shape index (κ1) is 9.39. The van der Waals surface area contributed by atoms with Gasteiger partial charge in [-0.05, 0) is 12.8 Å². The number of allylic oxidation sites excluding steroid dienone is 2. The molecular weight excluding hydrogens is 200 g/mol. The molecule has 2 aromatic rings. The summed E-state index contributed by atoms with van der Waals surface area (Å²) < 4.78 is 4.32. The summed E-state index contributed by atoms with van der Waals surface area (Å²) in [5.74, 6) is 1.95. The molecule has 0 radical (unpaired) electrons. The summed E-state index contributed by atoms with van der Waals surface area (Å²) in [7, 11) is 0. The summed E-state index contributed by atoms with van der Waals surface area (Å²) in [5, 5.41) is 0. The standard InChI is InChI=1S/C12H14N4/c1-2-4-8-16-10-6-14-12(16)11-13-5-9-15(11)7-3-1/h1-2,5-6,9-10H,3-4,7-8H2/b2-1+. The largest absolute Gasteiger partial charge is 0.328 e. The van der Waals surface area contributed by atoms with E-state index in [0.717, 1.165) is 37.6 Å². The van der Waals surface area contributed by atoms with E-state index in [2.05, 4.69) is 31.3 Å². The van der Waals surface area contributed by atoms with Crippen LogP contribution in [0.2, 0.25) is 0 Å². The average Bonchev–Trinajstić information content (AvgIpc) is 2.92. The number of rotatable bonds is 0. The second kappa shape index (κ2) is 3.96. The van der Waals surface area contributed by atoms with Gasteiger partial charge >= 0.3 is 0 Å². The van der Waals surface area contributed by atoms with Crippen molar-refractivity contribution in [2.75, 3.05) is 0 Å². The molecule has 0 spiro atoms. The van der Waals surface area contributed by atoms with Crippen LogP contribution in [-0.4, -0.2) is 19.1 Å². The molecule has 3 rings (SSSR count). The van der Waals surface area contributed by atoms with E-state index in [1.54, 1.807) is 0 Å². The Hall–Kier alpha value is -1.84. The molecule has 0 saturated carbocycles. The monoisotopic (exact) mass is 214 g/mol. The topological polar surface area (TPSA) is 35.6 Å². The van der Waals surface area contributed by atoms with Crippen molar-refractivity contribution in [1.29, 1.82) is 0 Å². The van der Waals surface area contributed by atoms with Gasteiger partial charge in [-0.3, -0.25) is 0 Å². The third-order valence-corrected chi connectivity index (χ3v) is 2.87. The number of aryl methyl sites for hydroxylation is 2. The molecule has 0 fully saturated rings. The predicted molar refractivity (Wildman–Crippen MR) is 61.8 cm³/mol. The lowest BCUT2D eigenvalue weighted by atomic mass is 10.3. The van der Waals surface area contributed by atoms with E-state index in [1.165, 1.54) is 0 Å². The van der Waals surface area contributed by atoms with Gasteiger partial charge in [0.25, 0.3) is 0 Å². The quantitative estimate of drug-likeness (QED) is 0.629. The molecule has 0 saturated heterocycles. The third-order valence-electron chi connectivity index (χ3n) is 2.87. The Morgan fingerprint density at radius 1 is 0.812 bits per heavy atom. The minimum atomic E-state index is 0.971. The summed E-state index contributed by atoms with van der Waals surface area (Å²) in [4.78, 5) is 8.80. The van der Waals surface area contributed by atoms with Crippen molar-refractivity contribution in [2.45, 2.75) is 25.9 Å². The van der Waals surface area contributed by atoms with Crippen LogP contribution in [0.5, 0.6) is 0 Å². The molecule has 0 atom stereocenters. The fourth-order valence-electron chi connectivity index (χ4n) is 2.05. The van der Waals surface area contributed by atoms with Crippen LogP contribution in [-0.2, 0) is 13.1 Å². The Balaban J connectivity index is 2.10. The molecule has 4 nitrogen and oxygen atoms in total. The van der Waals surface area contributed by atoms with Crippen molar-refractivity contribution < 1.29 is 0 Å². The zero-order valence-electron chi connectivity index (χ0n) is 9.08. The van der Waals surface area contributed by atoms with E-state index < -0.39 is 0 Å². The van der Waals surface area contributed by atoms with Gasteiger partial charge in [-0.2, -0.15) is 0 Å². The van der Waals surface area contributed by atoms with Crippen LogP contribution in [0.1, 0.15) is 12.8 Å². The van der Waals surface area contributed by atoms with Gasteiger partial charge in [-0.1, -0.05) is 12.2 Å².